The predicted octanol–water partition coefficient (Wildman–Crippen LogP) is 2.89. The molecule has 0 aromatic carbocycles. The van der Waals surface area contributed by atoms with Gasteiger partial charge in [-0.3, -0.25) is 0 Å². The summed E-state index contributed by atoms with van der Waals surface area (Å²) in [5, 5.41) is 0. The molecular weight excluding hydrogens is 124 g/mol. The Balaban J connectivity index is 0.000000371. The lowest BCUT2D eigenvalue weighted by Gasteiger charge is -2.05. The molecule has 58 valence electrons. The van der Waals surface area contributed by atoms with E-state index in [0.717, 1.165) is 18.6 Å². The molecule has 0 N–H and O–H groups in total. The molecule has 0 aromatic rings. The Morgan fingerprint density at radius 2 is 2.10 bits per heavy atom. The zero-order chi connectivity index (χ0) is 7.82. The Labute approximate surface area is 63.4 Å². The quantitative estimate of drug-likeness (QED) is 0.544. The van der Waals surface area contributed by atoms with Gasteiger partial charge in [0.2, 0.25) is 0 Å². The molecule has 1 aliphatic rings. The van der Waals surface area contributed by atoms with Crippen molar-refractivity contribution in [1.29, 1.82) is 0 Å². The van der Waals surface area contributed by atoms with Gasteiger partial charge in [0.25, 0.3) is 0 Å². The first-order valence-corrected chi connectivity index (χ1v) is 3.83. The van der Waals surface area contributed by atoms with E-state index in [1.54, 1.807) is 7.11 Å². The fourth-order valence-corrected chi connectivity index (χ4v) is 0.751. The second kappa shape index (κ2) is 6.40. The molecular formula is C9H16O. The summed E-state index contributed by atoms with van der Waals surface area (Å²) < 4.78 is 5.00. The maximum atomic E-state index is 5.00. The van der Waals surface area contributed by atoms with Gasteiger partial charge in [-0.25, -0.2) is 0 Å². The smallest absolute Gasteiger partial charge is 0.0958 e. The van der Waals surface area contributed by atoms with E-state index >= 15 is 0 Å². The third kappa shape index (κ3) is 3.33. The van der Waals surface area contributed by atoms with Crippen LogP contribution in [0.2, 0.25) is 0 Å². The monoisotopic (exact) mass is 140 g/mol. The molecule has 0 atom stereocenters. The standard InChI is InChI=1S/C7H10O.C2H6/c1-8-7-5-3-2-4-6-7;1-2/h2-3,5H,4,6H2,1H3;1-2H3. The summed E-state index contributed by atoms with van der Waals surface area (Å²) in [6, 6.07) is 0. The van der Waals surface area contributed by atoms with Crippen molar-refractivity contribution in [1.82, 2.24) is 0 Å². The second-order valence-electron chi connectivity index (χ2n) is 1.80. The van der Waals surface area contributed by atoms with Gasteiger partial charge in [0.05, 0.1) is 12.9 Å². The molecule has 10 heavy (non-hydrogen) atoms. The van der Waals surface area contributed by atoms with Crippen LogP contribution in [0.4, 0.5) is 0 Å². The Bertz CT molecular complexity index is 123. The molecule has 1 rings (SSSR count). The van der Waals surface area contributed by atoms with Crippen molar-refractivity contribution >= 4 is 0 Å². The fraction of sp³-hybridized carbons (Fsp3) is 0.556. The van der Waals surface area contributed by atoms with E-state index in [1.807, 2.05) is 26.0 Å². The zero-order valence-corrected chi connectivity index (χ0v) is 7.05. The average Bonchev–Trinajstić information content (AvgIpc) is 2.10. The van der Waals surface area contributed by atoms with Crippen molar-refractivity contribution in [3.8, 4) is 0 Å². The third-order valence-electron chi connectivity index (χ3n) is 1.24. The number of hydrogen-bond acceptors (Lipinski definition) is 1. The lowest BCUT2D eigenvalue weighted by atomic mass is 10.2. The SMILES string of the molecule is CC.COC1=CC=CCC1. The number of methoxy groups -OCH3 is 1. The summed E-state index contributed by atoms with van der Waals surface area (Å²) in [6.07, 6.45) is 8.36. The van der Waals surface area contributed by atoms with Crippen LogP contribution in [0.5, 0.6) is 0 Å². The molecule has 0 saturated heterocycles. The van der Waals surface area contributed by atoms with Crippen LogP contribution in [0.15, 0.2) is 24.0 Å². The first kappa shape index (κ1) is 9.28. The minimum absolute atomic E-state index is 1.06. The van der Waals surface area contributed by atoms with Gasteiger partial charge in [0, 0.05) is 6.42 Å². The first-order valence-electron chi connectivity index (χ1n) is 3.83. The van der Waals surface area contributed by atoms with Gasteiger partial charge < -0.3 is 4.74 Å². The van der Waals surface area contributed by atoms with E-state index in [1.165, 1.54) is 0 Å². The summed E-state index contributed by atoms with van der Waals surface area (Å²) in [5.74, 6) is 1.09. The van der Waals surface area contributed by atoms with Gasteiger partial charge in [0.15, 0.2) is 0 Å². The molecule has 0 heterocycles. The molecule has 0 saturated carbocycles. The molecule has 0 unspecified atom stereocenters. The highest BCUT2D eigenvalue weighted by atomic mass is 16.5. The Hall–Kier alpha value is -0.720. The normalized spacial score (nSPS) is 14.9. The maximum Gasteiger partial charge on any atom is 0.0958 e. The molecule has 1 heteroatoms. The van der Waals surface area contributed by atoms with Crippen LogP contribution in [0, 0.1) is 0 Å². The molecule has 0 aromatic heterocycles. The molecule has 0 fully saturated rings. The zero-order valence-electron chi connectivity index (χ0n) is 7.05. The molecule has 0 spiro atoms. The van der Waals surface area contributed by atoms with Crippen molar-refractivity contribution in [2.45, 2.75) is 26.7 Å². The Morgan fingerprint density at radius 3 is 2.40 bits per heavy atom. The van der Waals surface area contributed by atoms with E-state index in [4.69, 9.17) is 4.74 Å². The van der Waals surface area contributed by atoms with Crippen LogP contribution in [-0.4, -0.2) is 7.11 Å². The van der Waals surface area contributed by atoms with Crippen molar-refractivity contribution < 1.29 is 4.74 Å². The molecule has 1 nitrogen and oxygen atoms in total. The summed E-state index contributed by atoms with van der Waals surface area (Å²) in [5.41, 5.74) is 0. The van der Waals surface area contributed by atoms with Gasteiger partial charge in [-0.05, 0) is 12.5 Å². The summed E-state index contributed by atoms with van der Waals surface area (Å²) in [4.78, 5) is 0. The molecule has 0 amide bonds. The molecule has 1 aliphatic carbocycles. The Kier molecular flexibility index (Phi) is 5.94. The summed E-state index contributed by atoms with van der Waals surface area (Å²) >= 11 is 0. The van der Waals surface area contributed by atoms with Gasteiger partial charge in [-0.15, -0.1) is 0 Å². The number of hydrogen-bond donors (Lipinski definition) is 0. The van der Waals surface area contributed by atoms with Crippen LogP contribution < -0.4 is 0 Å². The van der Waals surface area contributed by atoms with Crippen LogP contribution >= 0.6 is 0 Å². The lowest BCUT2D eigenvalue weighted by Crippen LogP contribution is -1.87. The average molecular weight is 140 g/mol. The minimum atomic E-state index is 1.06. The van der Waals surface area contributed by atoms with Crippen molar-refractivity contribution in [2.75, 3.05) is 7.11 Å². The van der Waals surface area contributed by atoms with Gasteiger partial charge in [-0.1, -0.05) is 26.0 Å². The number of allylic oxidation sites excluding steroid dienone is 4. The van der Waals surface area contributed by atoms with Crippen molar-refractivity contribution in [3.05, 3.63) is 24.0 Å². The highest BCUT2D eigenvalue weighted by molar-refractivity contribution is 5.12. The van der Waals surface area contributed by atoms with Crippen LogP contribution in [0.1, 0.15) is 26.7 Å². The number of ether oxygens (including phenoxy) is 1. The van der Waals surface area contributed by atoms with E-state index in [0.29, 0.717) is 0 Å². The van der Waals surface area contributed by atoms with Crippen molar-refractivity contribution in [3.63, 3.8) is 0 Å². The van der Waals surface area contributed by atoms with Crippen LogP contribution in [0.3, 0.4) is 0 Å². The van der Waals surface area contributed by atoms with E-state index in [9.17, 15) is 0 Å². The van der Waals surface area contributed by atoms with Gasteiger partial charge in [-0.2, -0.15) is 0 Å². The largest absolute Gasteiger partial charge is 0.501 e. The van der Waals surface area contributed by atoms with E-state index in [-0.39, 0.29) is 0 Å². The third-order valence-corrected chi connectivity index (χ3v) is 1.24. The molecule has 0 aliphatic heterocycles. The summed E-state index contributed by atoms with van der Waals surface area (Å²) in [6.45, 7) is 4.00. The first-order chi connectivity index (χ1) is 4.93. The topological polar surface area (TPSA) is 9.23 Å². The highest BCUT2D eigenvalue weighted by Crippen LogP contribution is 2.10. The summed E-state index contributed by atoms with van der Waals surface area (Å²) in [7, 11) is 1.71. The predicted molar refractivity (Wildman–Crippen MR) is 44.8 cm³/mol. The highest BCUT2D eigenvalue weighted by Gasteiger charge is 1.94. The molecule has 0 radical (unpaired) electrons. The van der Waals surface area contributed by atoms with Crippen LogP contribution in [0.25, 0.3) is 0 Å². The lowest BCUT2D eigenvalue weighted by molar-refractivity contribution is 0.276. The minimum Gasteiger partial charge on any atom is -0.501 e. The van der Waals surface area contributed by atoms with Crippen LogP contribution in [-0.2, 0) is 4.74 Å². The van der Waals surface area contributed by atoms with Gasteiger partial charge in [0.1, 0.15) is 0 Å². The van der Waals surface area contributed by atoms with E-state index in [2.05, 4.69) is 6.08 Å². The van der Waals surface area contributed by atoms with Crippen molar-refractivity contribution in [2.24, 2.45) is 0 Å². The molecule has 0 bridgehead atoms. The Morgan fingerprint density at radius 1 is 1.40 bits per heavy atom. The maximum absolute atomic E-state index is 5.00. The van der Waals surface area contributed by atoms with E-state index < -0.39 is 0 Å². The fourth-order valence-electron chi connectivity index (χ4n) is 0.751. The number of rotatable bonds is 1. The second-order valence-corrected chi connectivity index (χ2v) is 1.80. The van der Waals surface area contributed by atoms with Gasteiger partial charge >= 0.3 is 0 Å².